The van der Waals surface area contributed by atoms with E-state index in [1.807, 2.05) is 33.7 Å². The van der Waals surface area contributed by atoms with Crippen molar-refractivity contribution >= 4 is 44.3 Å². The van der Waals surface area contributed by atoms with Gasteiger partial charge in [0.1, 0.15) is 11.3 Å². The molecule has 8 nitrogen and oxygen atoms in total. The summed E-state index contributed by atoms with van der Waals surface area (Å²) in [5.74, 6) is 1.83. The molecule has 4 heterocycles. The molecule has 0 saturated carbocycles. The molecule has 1 saturated heterocycles. The molecule has 0 spiro atoms. The maximum atomic E-state index is 12.1. The highest BCUT2D eigenvalue weighted by molar-refractivity contribution is 7.17. The maximum absolute atomic E-state index is 12.1. The Bertz CT molecular complexity index is 1540. The van der Waals surface area contributed by atoms with E-state index in [0.717, 1.165) is 47.1 Å². The molecule has 1 fully saturated rings. The number of likely N-dealkylation sites (tertiary alicyclic amines) is 1. The predicted molar refractivity (Wildman–Crippen MR) is 142 cm³/mol. The number of nitrogens with zero attached hydrogens (tertiary/aromatic N) is 5. The zero-order chi connectivity index (χ0) is 24.5. The molecule has 5 aromatic rings. The molecule has 0 aliphatic carbocycles. The fourth-order valence-corrected chi connectivity index (χ4v) is 5.60. The van der Waals surface area contributed by atoms with Gasteiger partial charge in [0.15, 0.2) is 17.3 Å². The topological polar surface area (TPSA) is 96.2 Å². The molecule has 9 heteroatoms. The minimum Gasteiger partial charge on any atom is -0.508 e. The van der Waals surface area contributed by atoms with Crippen LogP contribution in [0.3, 0.4) is 0 Å². The number of imidazole rings is 1. The van der Waals surface area contributed by atoms with Crippen molar-refractivity contribution in [2.24, 2.45) is 0 Å². The highest BCUT2D eigenvalue weighted by atomic mass is 32.1. The van der Waals surface area contributed by atoms with E-state index < -0.39 is 0 Å². The summed E-state index contributed by atoms with van der Waals surface area (Å²) in [5, 5.41) is 16.2. The lowest BCUT2D eigenvalue weighted by atomic mass is 10.1. The normalized spacial score (nSPS) is 13.8. The number of rotatable bonds is 8. The third kappa shape index (κ3) is 4.37. The van der Waals surface area contributed by atoms with Crippen LogP contribution in [0, 0.1) is 0 Å². The zero-order valence-electron chi connectivity index (χ0n) is 19.7. The van der Waals surface area contributed by atoms with E-state index in [2.05, 4.69) is 27.8 Å². The highest BCUT2D eigenvalue weighted by Crippen LogP contribution is 2.34. The second-order valence-corrected chi connectivity index (χ2v) is 9.89. The van der Waals surface area contributed by atoms with E-state index in [9.17, 15) is 9.90 Å². The van der Waals surface area contributed by atoms with Crippen molar-refractivity contribution in [2.45, 2.75) is 25.8 Å². The van der Waals surface area contributed by atoms with Crippen LogP contribution in [-0.2, 0) is 17.8 Å². The molecule has 2 aromatic carbocycles. The number of aromatic hydroxyl groups is 1. The number of carbonyl (C=O) groups is 1. The Kier molecular flexibility index (Phi) is 5.98. The first-order valence-corrected chi connectivity index (χ1v) is 13.0. The van der Waals surface area contributed by atoms with Crippen molar-refractivity contribution in [1.82, 2.24) is 24.4 Å². The van der Waals surface area contributed by atoms with Crippen molar-refractivity contribution in [2.75, 3.05) is 25.0 Å². The van der Waals surface area contributed by atoms with Crippen LogP contribution >= 0.6 is 11.3 Å². The summed E-state index contributed by atoms with van der Waals surface area (Å²) in [7, 11) is 0. The molecule has 36 heavy (non-hydrogen) atoms. The van der Waals surface area contributed by atoms with Crippen molar-refractivity contribution in [1.29, 1.82) is 0 Å². The van der Waals surface area contributed by atoms with Crippen LogP contribution in [0.4, 0.5) is 5.82 Å². The molecule has 0 atom stereocenters. The largest absolute Gasteiger partial charge is 0.508 e. The molecule has 3 aromatic heterocycles. The fourth-order valence-electron chi connectivity index (χ4n) is 4.66. The molecule has 1 aliphatic rings. The number of nitrogens with one attached hydrogen (secondary N) is 1. The lowest BCUT2D eigenvalue weighted by Gasteiger charge is -2.16. The van der Waals surface area contributed by atoms with Crippen LogP contribution < -0.4 is 5.32 Å². The summed E-state index contributed by atoms with van der Waals surface area (Å²) in [6, 6.07) is 15.5. The quantitative estimate of drug-likeness (QED) is 0.322. The Morgan fingerprint density at radius 1 is 1.06 bits per heavy atom. The van der Waals surface area contributed by atoms with Crippen molar-refractivity contribution < 1.29 is 9.90 Å². The van der Waals surface area contributed by atoms with E-state index in [1.54, 1.807) is 29.8 Å². The number of hydrogen-bond donors (Lipinski definition) is 2. The minimum atomic E-state index is 0.219. The summed E-state index contributed by atoms with van der Waals surface area (Å²) in [6.45, 7) is 2.76. The van der Waals surface area contributed by atoms with Gasteiger partial charge >= 0.3 is 0 Å². The molecule has 0 bridgehead atoms. The average molecular weight is 499 g/mol. The number of phenolic OH excluding ortho intramolecular Hbond substituents is 1. The monoisotopic (exact) mass is 498 g/mol. The second-order valence-electron chi connectivity index (χ2n) is 8.98. The van der Waals surface area contributed by atoms with Gasteiger partial charge in [-0.15, -0.1) is 11.3 Å². The van der Waals surface area contributed by atoms with Gasteiger partial charge in [-0.25, -0.2) is 15.0 Å². The Labute approximate surface area is 212 Å². The molecule has 1 amide bonds. The van der Waals surface area contributed by atoms with Crippen molar-refractivity contribution in [3.8, 4) is 17.1 Å². The SMILES string of the molecule is O=C1CCCN1CCn1cnc2c(NCCc3ccc(O)cc3)nc(-c3csc4ccccc34)nc21. The number of hydrogen-bond acceptors (Lipinski definition) is 7. The first-order valence-electron chi connectivity index (χ1n) is 12.1. The molecule has 0 radical (unpaired) electrons. The smallest absolute Gasteiger partial charge is 0.222 e. The third-order valence-corrected chi connectivity index (χ3v) is 7.57. The van der Waals surface area contributed by atoms with Gasteiger partial charge in [-0.2, -0.15) is 0 Å². The number of amides is 1. The molecule has 182 valence electrons. The molecule has 6 rings (SSSR count). The van der Waals surface area contributed by atoms with Crippen LogP contribution in [0.2, 0.25) is 0 Å². The van der Waals surface area contributed by atoms with Crippen LogP contribution in [0.5, 0.6) is 5.75 Å². The number of carbonyl (C=O) groups excluding carboxylic acids is 1. The predicted octanol–water partition coefficient (Wildman–Crippen LogP) is 4.69. The zero-order valence-corrected chi connectivity index (χ0v) is 20.5. The summed E-state index contributed by atoms with van der Waals surface area (Å²) in [5.41, 5.74) is 3.60. The van der Waals surface area contributed by atoms with Gasteiger partial charge in [-0.3, -0.25) is 4.79 Å². The van der Waals surface area contributed by atoms with Gasteiger partial charge in [0.2, 0.25) is 5.91 Å². The van der Waals surface area contributed by atoms with Crippen LogP contribution in [-0.4, -0.2) is 55.1 Å². The van der Waals surface area contributed by atoms with Gasteiger partial charge in [-0.05, 0) is 36.6 Å². The van der Waals surface area contributed by atoms with Crippen molar-refractivity contribution in [3.63, 3.8) is 0 Å². The van der Waals surface area contributed by atoms with Crippen LogP contribution in [0.15, 0.2) is 60.2 Å². The Hall–Kier alpha value is -3.98. The second kappa shape index (κ2) is 9.58. The fraction of sp³-hybridized carbons (Fsp3) is 0.259. The van der Waals surface area contributed by atoms with Crippen molar-refractivity contribution in [3.05, 3.63) is 65.8 Å². The number of fused-ring (bicyclic) bond motifs is 2. The summed E-state index contributed by atoms with van der Waals surface area (Å²) >= 11 is 1.68. The molecule has 1 aliphatic heterocycles. The lowest BCUT2D eigenvalue weighted by Crippen LogP contribution is -2.28. The molecular formula is C27H26N6O2S. The van der Waals surface area contributed by atoms with E-state index in [0.29, 0.717) is 37.7 Å². The minimum absolute atomic E-state index is 0.219. The first kappa shape index (κ1) is 22.5. The van der Waals surface area contributed by atoms with Gasteiger partial charge in [0.05, 0.1) is 6.33 Å². The van der Waals surface area contributed by atoms with Gasteiger partial charge < -0.3 is 19.9 Å². The summed E-state index contributed by atoms with van der Waals surface area (Å²) < 4.78 is 3.21. The number of phenols is 1. The van der Waals surface area contributed by atoms with Gasteiger partial charge in [-0.1, -0.05) is 30.3 Å². The standard InChI is InChI=1S/C27H26N6O2S/c34-19-9-7-18(8-10-19)11-12-28-26-24-27(33(17-29-24)15-14-32-13-3-6-23(32)35)31-25(30-26)21-16-36-22-5-2-1-4-20(21)22/h1-2,4-5,7-10,16-17,34H,3,6,11-15H2,(H,28,30,31). The molecular weight excluding hydrogens is 472 g/mol. The van der Waals surface area contributed by atoms with Crippen LogP contribution in [0.1, 0.15) is 18.4 Å². The first-order chi connectivity index (χ1) is 17.7. The number of thiophene rings is 1. The summed E-state index contributed by atoms with van der Waals surface area (Å²) in [4.78, 5) is 28.5. The van der Waals surface area contributed by atoms with Crippen LogP contribution in [0.25, 0.3) is 32.6 Å². The van der Waals surface area contributed by atoms with Gasteiger partial charge in [0, 0.05) is 53.6 Å². The maximum Gasteiger partial charge on any atom is 0.222 e. The number of benzene rings is 2. The molecule has 0 unspecified atom stereocenters. The number of anilines is 1. The molecule has 2 N–H and O–H groups in total. The van der Waals surface area contributed by atoms with E-state index in [-0.39, 0.29) is 11.7 Å². The van der Waals surface area contributed by atoms with E-state index in [4.69, 9.17) is 9.97 Å². The average Bonchev–Trinajstić information content (AvgIpc) is 3.62. The summed E-state index contributed by atoms with van der Waals surface area (Å²) in [6.07, 6.45) is 4.13. The Morgan fingerprint density at radius 3 is 2.75 bits per heavy atom. The van der Waals surface area contributed by atoms with E-state index >= 15 is 0 Å². The highest BCUT2D eigenvalue weighted by Gasteiger charge is 2.21. The van der Waals surface area contributed by atoms with Gasteiger partial charge in [0.25, 0.3) is 0 Å². The Balaban J connectivity index is 1.33. The lowest BCUT2D eigenvalue weighted by molar-refractivity contribution is -0.127. The van der Waals surface area contributed by atoms with E-state index in [1.165, 1.54) is 4.70 Å². The third-order valence-electron chi connectivity index (χ3n) is 6.61. The Morgan fingerprint density at radius 2 is 1.92 bits per heavy atom. The number of aromatic nitrogens is 4.